The lowest BCUT2D eigenvalue weighted by atomic mass is 10.2. The number of thiocarbonyl (C=S) groups is 1. The van der Waals surface area contributed by atoms with Gasteiger partial charge in [-0.2, -0.15) is 13.2 Å². The Morgan fingerprint density at radius 1 is 1.47 bits per heavy atom. The van der Waals surface area contributed by atoms with Gasteiger partial charge in [0.05, 0.1) is 0 Å². The van der Waals surface area contributed by atoms with Crippen molar-refractivity contribution in [2.24, 2.45) is 11.7 Å². The normalized spacial score (nSPS) is 16.2. The highest BCUT2D eigenvalue weighted by molar-refractivity contribution is 7.80. The number of aryl methyl sites for hydroxylation is 1. The van der Waals surface area contributed by atoms with Crippen LogP contribution >= 0.6 is 12.2 Å². The number of nitrogens with two attached hydrogens (primary N) is 1. The Morgan fingerprint density at radius 3 is 2.59 bits per heavy atom. The third kappa shape index (κ3) is 2.74. The largest absolute Gasteiger partial charge is 0.435 e. The third-order valence-corrected chi connectivity index (χ3v) is 2.88. The Bertz CT molecular complexity index is 436. The first kappa shape index (κ1) is 12.3. The van der Waals surface area contributed by atoms with Gasteiger partial charge in [0, 0.05) is 6.54 Å². The van der Waals surface area contributed by atoms with Crippen LogP contribution in [0.25, 0.3) is 0 Å². The van der Waals surface area contributed by atoms with Crippen molar-refractivity contribution in [2.45, 2.75) is 32.0 Å². The molecule has 1 aromatic rings. The molecule has 0 spiro atoms. The van der Waals surface area contributed by atoms with Gasteiger partial charge in [0.1, 0.15) is 4.99 Å². The molecule has 2 N–H and O–H groups in total. The second kappa shape index (κ2) is 4.25. The SMILES string of the molecule is NC(=S)c1nnn(CCC2CC2)c1C(F)(F)F. The van der Waals surface area contributed by atoms with Gasteiger partial charge in [-0.3, -0.25) is 0 Å². The molecule has 0 aliphatic heterocycles. The number of halogens is 3. The van der Waals surface area contributed by atoms with Crippen molar-refractivity contribution < 1.29 is 13.2 Å². The summed E-state index contributed by atoms with van der Waals surface area (Å²) in [5.41, 5.74) is 3.83. The number of alkyl halides is 3. The minimum atomic E-state index is -4.54. The summed E-state index contributed by atoms with van der Waals surface area (Å²) in [5, 5.41) is 6.89. The lowest BCUT2D eigenvalue weighted by molar-refractivity contribution is -0.144. The molecule has 17 heavy (non-hydrogen) atoms. The molecule has 0 bridgehead atoms. The molecule has 0 saturated heterocycles. The molecule has 2 rings (SSSR count). The van der Waals surface area contributed by atoms with Gasteiger partial charge in [-0.05, 0) is 12.3 Å². The number of aromatic nitrogens is 3. The van der Waals surface area contributed by atoms with Gasteiger partial charge >= 0.3 is 6.18 Å². The molecular weight excluding hydrogens is 253 g/mol. The molecule has 1 heterocycles. The minimum absolute atomic E-state index is 0.203. The first-order chi connectivity index (χ1) is 7.89. The van der Waals surface area contributed by atoms with E-state index in [9.17, 15) is 13.2 Å². The summed E-state index contributed by atoms with van der Waals surface area (Å²) in [4.78, 5) is -0.380. The highest BCUT2D eigenvalue weighted by atomic mass is 32.1. The zero-order valence-electron chi connectivity index (χ0n) is 8.87. The molecule has 0 unspecified atom stereocenters. The van der Waals surface area contributed by atoms with Crippen LogP contribution in [0.5, 0.6) is 0 Å². The maximum atomic E-state index is 12.8. The zero-order valence-corrected chi connectivity index (χ0v) is 9.68. The maximum absolute atomic E-state index is 12.8. The number of hydrogen-bond acceptors (Lipinski definition) is 3. The Morgan fingerprint density at radius 2 is 2.12 bits per heavy atom. The topological polar surface area (TPSA) is 56.7 Å². The molecule has 0 aromatic carbocycles. The molecule has 0 atom stereocenters. The van der Waals surface area contributed by atoms with Crippen molar-refractivity contribution in [3.05, 3.63) is 11.4 Å². The standard InChI is InChI=1S/C9H11F3N4S/c10-9(11,12)7-6(8(13)17)14-15-16(7)4-3-5-1-2-5/h5H,1-4H2,(H2,13,17). The molecule has 1 saturated carbocycles. The van der Waals surface area contributed by atoms with Crippen molar-refractivity contribution >= 4 is 17.2 Å². The van der Waals surface area contributed by atoms with Gasteiger partial charge in [0.25, 0.3) is 0 Å². The predicted octanol–water partition coefficient (Wildman–Crippen LogP) is 1.73. The van der Waals surface area contributed by atoms with E-state index in [0.29, 0.717) is 12.3 Å². The minimum Gasteiger partial charge on any atom is -0.388 e. The monoisotopic (exact) mass is 264 g/mol. The molecular formula is C9H11F3N4S. The third-order valence-electron chi connectivity index (χ3n) is 2.68. The van der Waals surface area contributed by atoms with Crippen LogP contribution in [0.4, 0.5) is 13.2 Å². The van der Waals surface area contributed by atoms with Gasteiger partial charge in [0.2, 0.25) is 0 Å². The molecule has 0 amide bonds. The number of rotatable bonds is 4. The molecule has 1 fully saturated rings. The fourth-order valence-electron chi connectivity index (χ4n) is 1.63. The van der Waals surface area contributed by atoms with E-state index in [1.54, 1.807) is 0 Å². The summed E-state index contributed by atoms with van der Waals surface area (Å²) in [6.07, 6.45) is -1.69. The predicted molar refractivity (Wildman–Crippen MR) is 58.3 cm³/mol. The van der Waals surface area contributed by atoms with Crippen molar-refractivity contribution in [1.29, 1.82) is 0 Å². The highest BCUT2D eigenvalue weighted by Gasteiger charge is 2.40. The van der Waals surface area contributed by atoms with E-state index in [1.807, 2.05) is 0 Å². The van der Waals surface area contributed by atoms with Gasteiger partial charge in [-0.15, -0.1) is 5.10 Å². The Hall–Kier alpha value is -1.18. The van der Waals surface area contributed by atoms with Crippen LogP contribution < -0.4 is 5.73 Å². The lowest BCUT2D eigenvalue weighted by Gasteiger charge is -2.10. The summed E-state index contributed by atoms with van der Waals surface area (Å²) in [6, 6.07) is 0. The van der Waals surface area contributed by atoms with Crippen LogP contribution in [0.2, 0.25) is 0 Å². The van der Waals surface area contributed by atoms with Gasteiger partial charge < -0.3 is 5.73 Å². The quantitative estimate of drug-likeness (QED) is 0.841. The molecule has 1 aliphatic rings. The smallest absolute Gasteiger partial charge is 0.388 e. The Kier molecular flexibility index (Phi) is 3.07. The van der Waals surface area contributed by atoms with Gasteiger partial charge in [-0.25, -0.2) is 4.68 Å². The van der Waals surface area contributed by atoms with Crippen LogP contribution in [-0.2, 0) is 12.7 Å². The van der Waals surface area contributed by atoms with Crippen molar-refractivity contribution in [3.63, 3.8) is 0 Å². The summed E-state index contributed by atoms with van der Waals surface area (Å²) in [6.45, 7) is 0.203. The van der Waals surface area contributed by atoms with Gasteiger partial charge in [0.15, 0.2) is 11.4 Å². The van der Waals surface area contributed by atoms with Crippen LogP contribution in [-0.4, -0.2) is 20.0 Å². The zero-order chi connectivity index (χ0) is 12.6. The van der Waals surface area contributed by atoms with E-state index in [0.717, 1.165) is 17.5 Å². The molecule has 4 nitrogen and oxygen atoms in total. The fraction of sp³-hybridized carbons (Fsp3) is 0.667. The average Bonchev–Trinajstić information content (AvgIpc) is 2.91. The number of hydrogen-bond donors (Lipinski definition) is 1. The van der Waals surface area contributed by atoms with E-state index in [1.165, 1.54) is 0 Å². The first-order valence-corrected chi connectivity index (χ1v) is 5.61. The first-order valence-electron chi connectivity index (χ1n) is 5.20. The molecule has 0 radical (unpaired) electrons. The van der Waals surface area contributed by atoms with E-state index in [4.69, 9.17) is 5.73 Å². The Balaban J connectivity index is 2.27. The van der Waals surface area contributed by atoms with E-state index in [2.05, 4.69) is 22.5 Å². The van der Waals surface area contributed by atoms with Crippen LogP contribution in [0, 0.1) is 5.92 Å². The van der Waals surface area contributed by atoms with Crippen molar-refractivity contribution in [1.82, 2.24) is 15.0 Å². The molecule has 94 valence electrons. The Labute approximate surface area is 101 Å². The maximum Gasteiger partial charge on any atom is 0.435 e. The van der Waals surface area contributed by atoms with Crippen LogP contribution in [0.1, 0.15) is 30.7 Å². The van der Waals surface area contributed by atoms with Crippen LogP contribution in [0.3, 0.4) is 0 Å². The highest BCUT2D eigenvalue weighted by Crippen LogP contribution is 2.35. The van der Waals surface area contributed by atoms with Crippen LogP contribution in [0.15, 0.2) is 0 Å². The summed E-state index contributed by atoms with van der Waals surface area (Å²) >= 11 is 4.54. The second-order valence-corrected chi connectivity index (χ2v) is 4.54. The molecule has 1 aromatic heterocycles. The van der Waals surface area contributed by atoms with E-state index >= 15 is 0 Å². The molecule has 8 heteroatoms. The second-order valence-electron chi connectivity index (χ2n) is 4.10. The molecule has 1 aliphatic carbocycles. The van der Waals surface area contributed by atoms with E-state index in [-0.39, 0.29) is 11.5 Å². The van der Waals surface area contributed by atoms with Crippen molar-refractivity contribution in [2.75, 3.05) is 0 Å². The fourth-order valence-corrected chi connectivity index (χ4v) is 1.77. The lowest BCUT2D eigenvalue weighted by Crippen LogP contribution is -2.21. The number of nitrogens with zero attached hydrogens (tertiary/aromatic N) is 3. The van der Waals surface area contributed by atoms with E-state index < -0.39 is 17.6 Å². The average molecular weight is 264 g/mol. The summed E-state index contributed by atoms with van der Waals surface area (Å²) in [7, 11) is 0. The van der Waals surface area contributed by atoms with Crippen molar-refractivity contribution in [3.8, 4) is 0 Å². The summed E-state index contributed by atoms with van der Waals surface area (Å²) < 4.78 is 39.3. The summed E-state index contributed by atoms with van der Waals surface area (Å²) in [5.74, 6) is 0.522. The van der Waals surface area contributed by atoms with Gasteiger partial charge in [-0.1, -0.05) is 30.3 Å².